The summed E-state index contributed by atoms with van der Waals surface area (Å²) < 4.78 is 41.5. The summed E-state index contributed by atoms with van der Waals surface area (Å²) in [5.74, 6) is -1.20. The first-order valence-corrected chi connectivity index (χ1v) is 19.1. The van der Waals surface area contributed by atoms with Gasteiger partial charge in [0.25, 0.3) is 11.8 Å². The Kier molecular flexibility index (Phi) is 9.87. The zero-order chi connectivity index (χ0) is 35.3. The Bertz CT molecular complexity index is 1750. The molecule has 4 aliphatic rings. The first kappa shape index (κ1) is 35.7. The van der Waals surface area contributed by atoms with Crippen LogP contribution in [0.5, 0.6) is 5.75 Å². The zero-order valence-electron chi connectivity index (χ0n) is 28.9. The van der Waals surface area contributed by atoms with Crippen LogP contribution in [0.15, 0.2) is 48.6 Å². The Labute approximate surface area is 294 Å². The Morgan fingerprint density at radius 3 is 2.65 bits per heavy atom. The van der Waals surface area contributed by atoms with Crippen molar-refractivity contribution in [3.8, 4) is 5.75 Å². The van der Waals surface area contributed by atoms with E-state index in [0.717, 1.165) is 25.7 Å². The highest BCUT2D eigenvalue weighted by atomic mass is 35.5. The number of sulfonamides is 1. The minimum atomic E-state index is -4.06. The number of likely N-dealkylation sites (N-methyl/N-ethyl adjacent to an activating group) is 1. The summed E-state index contributed by atoms with van der Waals surface area (Å²) in [6.45, 7) is 4.88. The van der Waals surface area contributed by atoms with Crippen molar-refractivity contribution >= 4 is 39.1 Å². The van der Waals surface area contributed by atoms with Gasteiger partial charge >= 0.3 is 0 Å². The maximum absolute atomic E-state index is 13.5. The molecular weight excluding hydrogens is 666 g/mol. The molecule has 0 unspecified atom stereocenters. The Morgan fingerprint density at radius 1 is 1.18 bits per heavy atom. The molecule has 2 aliphatic carbocycles. The molecule has 6 rings (SSSR count). The summed E-state index contributed by atoms with van der Waals surface area (Å²) in [7, 11) is 0.654. The number of aliphatic hydroxyl groups is 1. The van der Waals surface area contributed by atoms with Crippen LogP contribution in [0.25, 0.3) is 0 Å². The van der Waals surface area contributed by atoms with Crippen LogP contribution < -0.4 is 14.4 Å². The first-order valence-electron chi connectivity index (χ1n) is 17.2. The number of carbonyl (C=O) groups is 2. The van der Waals surface area contributed by atoms with Gasteiger partial charge < -0.3 is 24.4 Å². The Hall–Kier alpha value is -3.12. The van der Waals surface area contributed by atoms with Gasteiger partial charge in [0.2, 0.25) is 10.0 Å². The van der Waals surface area contributed by atoms with Gasteiger partial charge in [0, 0.05) is 50.3 Å². The molecule has 7 atom stereocenters. The smallest absolute Gasteiger partial charge is 0.264 e. The molecule has 1 saturated carbocycles. The van der Waals surface area contributed by atoms with E-state index in [1.54, 1.807) is 58.3 Å². The summed E-state index contributed by atoms with van der Waals surface area (Å²) in [6, 6.07) is 11.1. The number of halogens is 1. The lowest BCUT2D eigenvalue weighted by molar-refractivity contribution is -0.168. The molecule has 2 heterocycles. The third-order valence-electron chi connectivity index (χ3n) is 11.5. The first-order chi connectivity index (χ1) is 23.2. The summed E-state index contributed by atoms with van der Waals surface area (Å²) in [5, 5.41) is 12.3. The van der Waals surface area contributed by atoms with E-state index in [4.69, 9.17) is 21.1 Å². The van der Waals surface area contributed by atoms with Crippen LogP contribution in [0, 0.1) is 17.8 Å². The number of anilines is 1. The molecule has 2 aromatic rings. The molecule has 2 amide bonds. The summed E-state index contributed by atoms with van der Waals surface area (Å²) in [4.78, 5) is 30.7. The number of allylic oxidation sites excluding steroid dienone is 1. The van der Waals surface area contributed by atoms with Gasteiger partial charge in [-0.2, -0.15) is 0 Å². The summed E-state index contributed by atoms with van der Waals surface area (Å²) in [5.41, 5.74) is 1.27. The monoisotopic (exact) mass is 713 g/mol. The highest BCUT2D eigenvalue weighted by Gasteiger charge is 2.54. The van der Waals surface area contributed by atoms with Gasteiger partial charge in [0.1, 0.15) is 11.4 Å². The van der Waals surface area contributed by atoms with Crippen LogP contribution >= 0.6 is 11.6 Å². The minimum Gasteiger partial charge on any atom is -0.490 e. The normalized spacial score (nSPS) is 32.3. The topological polar surface area (TPSA) is 125 Å². The van der Waals surface area contributed by atoms with E-state index in [-0.39, 0.29) is 28.7 Å². The van der Waals surface area contributed by atoms with Crippen molar-refractivity contribution in [3.63, 3.8) is 0 Å². The second kappa shape index (κ2) is 13.5. The van der Waals surface area contributed by atoms with Crippen molar-refractivity contribution in [2.24, 2.45) is 17.8 Å². The lowest BCUT2D eigenvalue weighted by Crippen LogP contribution is -2.60. The van der Waals surface area contributed by atoms with Gasteiger partial charge in [-0.1, -0.05) is 36.7 Å². The number of fused-ring (bicyclic) bond motifs is 4. The molecule has 0 radical (unpaired) electrons. The quantitative estimate of drug-likeness (QED) is 0.438. The highest BCUT2D eigenvalue weighted by molar-refractivity contribution is 7.90. The van der Waals surface area contributed by atoms with Crippen LogP contribution in [-0.4, -0.2) is 88.1 Å². The fraction of sp³-hybridized carbons (Fsp3) is 0.568. The average molecular weight is 714 g/mol. The molecule has 2 N–H and O–H groups in total. The zero-order valence-corrected chi connectivity index (χ0v) is 30.5. The third-order valence-corrected chi connectivity index (χ3v) is 13.7. The molecule has 12 heteroatoms. The van der Waals surface area contributed by atoms with E-state index in [0.29, 0.717) is 49.0 Å². The molecule has 10 nitrogen and oxygen atoms in total. The van der Waals surface area contributed by atoms with Crippen molar-refractivity contribution in [1.82, 2.24) is 9.62 Å². The number of ether oxygens (including phenoxy) is 2. The molecule has 1 fully saturated rings. The van der Waals surface area contributed by atoms with Crippen LogP contribution in [0.2, 0.25) is 5.02 Å². The van der Waals surface area contributed by atoms with Crippen molar-refractivity contribution in [3.05, 3.63) is 70.3 Å². The average Bonchev–Trinajstić information content (AvgIpc) is 3.18. The van der Waals surface area contributed by atoms with Gasteiger partial charge in [-0.05, 0) is 105 Å². The second-order valence-electron chi connectivity index (χ2n) is 14.8. The van der Waals surface area contributed by atoms with Crippen molar-refractivity contribution in [2.75, 3.05) is 45.8 Å². The largest absolute Gasteiger partial charge is 0.490 e. The molecule has 2 aliphatic heterocycles. The molecule has 266 valence electrons. The number of carbonyl (C=O) groups excluding carboxylic acids is 2. The molecule has 1 spiro atoms. The van der Waals surface area contributed by atoms with Crippen molar-refractivity contribution in [1.29, 1.82) is 0 Å². The van der Waals surface area contributed by atoms with Crippen molar-refractivity contribution < 1.29 is 32.6 Å². The van der Waals surface area contributed by atoms with E-state index in [9.17, 15) is 23.1 Å². The van der Waals surface area contributed by atoms with E-state index in [1.165, 1.54) is 23.1 Å². The number of hydrogen-bond acceptors (Lipinski definition) is 8. The van der Waals surface area contributed by atoms with Gasteiger partial charge in [0.05, 0.1) is 17.5 Å². The Balaban J connectivity index is 1.48. The fourth-order valence-electron chi connectivity index (χ4n) is 8.31. The number of nitrogens with one attached hydrogen (secondary N) is 1. The molecule has 2 bridgehead atoms. The second-order valence-corrected chi connectivity index (χ2v) is 17.2. The number of benzene rings is 2. The maximum Gasteiger partial charge on any atom is 0.264 e. The summed E-state index contributed by atoms with van der Waals surface area (Å²) >= 11 is 6.43. The standard InChI is InChI=1S/C37H48ClN3O7S/c1-23-8-6-17-37(44,33(47-5)35(43)40(3)4)30-13-10-27(30)20-41-21-36(16-7-9-25-18-28(38)12-14-29(25)36)22-48-32-15-11-26(19-31(32)41)34(42)39-49(45,46)24(23)2/h6,11-12,14-15,17-19,23-24,27,30,33,44H,7-10,13,16,20-22H2,1-5H3,(H,39,42)/b17-6+/t23-,24+,27-,30+,33-,36-,37+/m0/s1. The predicted molar refractivity (Wildman–Crippen MR) is 190 cm³/mol. The number of amides is 2. The third kappa shape index (κ3) is 6.59. The molecule has 2 aromatic carbocycles. The van der Waals surface area contributed by atoms with E-state index < -0.39 is 38.8 Å². The maximum atomic E-state index is 13.5. The van der Waals surface area contributed by atoms with Crippen LogP contribution in [-0.2, 0) is 31.4 Å². The molecule has 0 aromatic heterocycles. The lowest BCUT2D eigenvalue weighted by Gasteiger charge is -2.51. The van der Waals surface area contributed by atoms with E-state index in [2.05, 4.69) is 15.7 Å². The number of aryl methyl sites for hydroxylation is 1. The van der Waals surface area contributed by atoms with Crippen LogP contribution in [0.1, 0.15) is 67.4 Å². The van der Waals surface area contributed by atoms with Crippen LogP contribution in [0.3, 0.4) is 0 Å². The number of methoxy groups -OCH3 is 1. The summed E-state index contributed by atoms with van der Waals surface area (Å²) in [6.07, 6.45) is 6.82. The fourth-order valence-corrected chi connectivity index (χ4v) is 9.79. The van der Waals surface area contributed by atoms with E-state index >= 15 is 0 Å². The molecule has 0 saturated heterocycles. The number of nitrogens with zero attached hydrogens (tertiary/aromatic N) is 2. The van der Waals surface area contributed by atoms with Crippen LogP contribution in [0.4, 0.5) is 5.69 Å². The van der Waals surface area contributed by atoms with E-state index in [1.807, 2.05) is 12.1 Å². The van der Waals surface area contributed by atoms with Crippen molar-refractivity contribution in [2.45, 2.75) is 74.7 Å². The number of rotatable bonds is 3. The Morgan fingerprint density at radius 2 is 1.96 bits per heavy atom. The lowest BCUT2D eigenvalue weighted by atomic mass is 9.62. The molecular formula is C37H48ClN3O7S. The van der Waals surface area contributed by atoms with Gasteiger partial charge in [0.15, 0.2) is 6.10 Å². The van der Waals surface area contributed by atoms with Gasteiger partial charge in [-0.15, -0.1) is 0 Å². The minimum absolute atomic E-state index is 0.0272. The molecule has 49 heavy (non-hydrogen) atoms. The van der Waals surface area contributed by atoms with Gasteiger partial charge in [-0.25, -0.2) is 13.1 Å². The predicted octanol–water partition coefficient (Wildman–Crippen LogP) is 4.72. The SMILES string of the molecule is CO[C@@H](C(=O)N(C)C)[C@@]1(O)/C=C/C[C@H](C)[C@@H](C)S(=O)(=O)NC(=O)c2ccc3c(c2)N(C[C@@H]2CC[C@H]21)C[C@@]1(CCCc2cc(Cl)ccc21)CO3. The highest BCUT2D eigenvalue weighted by Crippen LogP contribution is 2.49. The van der Waals surface area contributed by atoms with Gasteiger partial charge in [-0.3, -0.25) is 9.59 Å². The number of hydrogen-bond donors (Lipinski definition) is 2.